The van der Waals surface area contributed by atoms with Crippen LogP contribution in [0.2, 0.25) is 0 Å². The Morgan fingerprint density at radius 3 is 1.82 bits per heavy atom. The van der Waals surface area contributed by atoms with Crippen LogP contribution in [0.3, 0.4) is 0 Å². The Kier molecular flexibility index (Phi) is 9.95. The molecule has 1 aliphatic rings. The van der Waals surface area contributed by atoms with Gasteiger partial charge in [0.15, 0.2) is 9.79 Å². The molecule has 2 nitrogen and oxygen atoms in total. The first-order chi connectivity index (χ1) is 16.3. The Hall–Kier alpha value is -2.39. The van der Waals surface area contributed by atoms with E-state index in [-0.39, 0.29) is 16.9 Å². The van der Waals surface area contributed by atoms with Gasteiger partial charge in [0, 0.05) is 0 Å². The maximum atomic E-state index is 12.0. The SMILES string of the molecule is F[B-](F)(F)F.O=C(OCCCCCC[S+]1c2ccccc2Sc2ccccc21)c1ccccc1. The molecule has 1 heterocycles. The van der Waals surface area contributed by atoms with Gasteiger partial charge in [0.05, 0.1) is 32.9 Å². The van der Waals surface area contributed by atoms with Gasteiger partial charge < -0.3 is 22.0 Å². The number of carbonyl (C=O) groups is 1. The molecule has 9 heteroatoms. The summed E-state index contributed by atoms with van der Waals surface area (Å²) in [6.45, 7) is 0.502. The van der Waals surface area contributed by atoms with Gasteiger partial charge in [0.2, 0.25) is 0 Å². The molecule has 3 aromatic rings. The van der Waals surface area contributed by atoms with Crippen molar-refractivity contribution in [3.05, 3.63) is 84.4 Å². The second-order valence-electron chi connectivity index (χ2n) is 7.50. The second-order valence-corrected chi connectivity index (χ2v) is 10.7. The third-order valence-electron chi connectivity index (χ3n) is 4.93. The standard InChI is InChI=1S/C25H25O2S2.BF4/c26-25(20-12-4-3-5-13-20)27-18-10-1-2-11-19-29-23-16-8-6-14-21(23)28-22-15-7-9-17-24(22)29;2-1(3,4)5/h3-9,12-17H,1-2,10-11,18-19H2;/q+1;-1. The summed E-state index contributed by atoms with van der Waals surface area (Å²) < 4.78 is 44.4. The van der Waals surface area contributed by atoms with Gasteiger partial charge in [-0.05, 0) is 62.1 Å². The molecule has 0 radical (unpaired) electrons. The number of esters is 1. The van der Waals surface area contributed by atoms with Crippen LogP contribution < -0.4 is 0 Å². The summed E-state index contributed by atoms with van der Waals surface area (Å²) in [5.41, 5.74) is 0.626. The topological polar surface area (TPSA) is 26.3 Å². The molecule has 0 saturated heterocycles. The van der Waals surface area contributed by atoms with Gasteiger partial charge in [0.25, 0.3) is 0 Å². The van der Waals surface area contributed by atoms with Crippen molar-refractivity contribution in [1.82, 2.24) is 0 Å². The van der Waals surface area contributed by atoms with Crippen LogP contribution in [0.25, 0.3) is 0 Å². The highest BCUT2D eigenvalue weighted by Gasteiger charge is 2.34. The Bertz CT molecular complexity index is 1010. The lowest BCUT2D eigenvalue weighted by molar-refractivity contribution is 0.0498. The third kappa shape index (κ3) is 8.44. The summed E-state index contributed by atoms with van der Waals surface area (Å²) in [7, 11) is -5.84. The monoisotopic (exact) mass is 508 g/mol. The van der Waals surface area contributed by atoms with Crippen LogP contribution in [0, 0.1) is 0 Å². The largest absolute Gasteiger partial charge is 0.673 e. The van der Waals surface area contributed by atoms with Crippen LogP contribution in [0.1, 0.15) is 36.0 Å². The molecule has 0 amide bonds. The molecule has 180 valence electrons. The van der Waals surface area contributed by atoms with Gasteiger partial charge in [-0.25, -0.2) is 4.79 Å². The summed E-state index contributed by atoms with van der Waals surface area (Å²) in [6, 6.07) is 26.9. The number of fused-ring (bicyclic) bond motifs is 2. The zero-order valence-corrected chi connectivity index (χ0v) is 20.1. The summed E-state index contributed by atoms with van der Waals surface area (Å²) in [6.07, 6.45) is 4.39. The fraction of sp³-hybridized carbons (Fsp3) is 0.240. The van der Waals surface area contributed by atoms with Gasteiger partial charge in [0.1, 0.15) is 5.75 Å². The predicted molar refractivity (Wildman–Crippen MR) is 131 cm³/mol. The normalized spacial score (nSPS) is 12.7. The highest BCUT2D eigenvalue weighted by Crippen LogP contribution is 2.45. The smallest absolute Gasteiger partial charge is 0.462 e. The molecular weight excluding hydrogens is 483 g/mol. The third-order valence-corrected chi connectivity index (χ3v) is 8.82. The summed E-state index contributed by atoms with van der Waals surface area (Å²) >= 11 is 1.90. The Morgan fingerprint density at radius 2 is 1.24 bits per heavy atom. The van der Waals surface area contributed by atoms with Gasteiger partial charge in [-0.15, -0.1) is 0 Å². The van der Waals surface area contributed by atoms with Crippen molar-refractivity contribution >= 4 is 35.9 Å². The first-order valence-electron chi connectivity index (χ1n) is 11.0. The predicted octanol–water partition coefficient (Wildman–Crippen LogP) is 7.90. The fourth-order valence-corrected chi connectivity index (χ4v) is 7.46. The van der Waals surface area contributed by atoms with E-state index in [1.54, 1.807) is 12.1 Å². The minimum Gasteiger partial charge on any atom is -0.462 e. The fourth-order valence-electron chi connectivity index (χ4n) is 3.46. The molecule has 0 N–H and O–H groups in total. The molecule has 0 aromatic heterocycles. The Labute approximate surface area is 204 Å². The van der Waals surface area contributed by atoms with E-state index in [4.69, 9.17) is 4.74 Å². The lowest BCUT2D eigenvalue weighted by atomic mass is 10.2. The molecule has 0 atom stereocenters. The van der Waals surface area contributed by atoms with Gasteiger partial charge >= 0.3 is 13.2 Å². The van der Waals surface area contributed by atoms with E-state index in [2.05, 4.69) is 48.5 Å². The van der Waals surface area contributed by atoms with Crippen LogP contribution in [-0.2, 0) is 15.6 Å². The van der Waals surface area contributed by atoms with Crippen molar-refractivity contribution in [3.8, 4) is 0 Å². The van der Waals surface area contributed by atoms with E-state index >= 15 is 0 Å². The molecule has 0 spiro atoms. The number of hydrogen-bond acceptors (Lipinski definition) is 3. The van der Waals surface area contributed by atoms with Crippen LogP contribution in [0.4, 0.5) is 17.3 Å². The lowest BCUT2D eigenvalue weighted by Crippen LogP contribution is -2.14. The van der Waals surface area contributed by atoms with Crippen molar-refractivity contribution in [1.29, 1.82) is 0 Å². The number of halogens is 4. The minimum atomic E-state index is -6.00. The van der Waals surface area contributed by atoms with Gasteiger partial charge in [-0.2, -0.15) is 0 Å². The van der Waals surface area contributed by atoms with E-state index in [1.807, 2.05) is 30.0 Å². The average Bonchev–Trinajstić information content (AvgIpc) is 2.82. The highest BCUT2D eigenvalue weighted by atomic mass is 32.2. The van der Waals surface area contributed by atoms with Gasteiger partial charge in [-0.1, -0.05) is 54.2 Å². The maximum absolute atomic E-state index is 12.0. The summed E-state index contributed by atoms with van der Waals surface area (Å²) in [5.74, 6) is 0.971. The average molecular weight is 508 g/mol. The number of rotatable bonds is 8. The van der Waals surface area contributed by atoms with Crippen LogP contribution in [-0.4, -0.2) is 25.6 Å². The quantitative estimate of drug-likeness (QED) is 0.102. The summed E-state index contributed by atoms with van der Waals surface area (Å²) in [5, 5.41) is 0. The molecular formula is C25H25BF4O2S2. The van der Waals surface area contributed by atoms with Gasteiger partial charge in [-0.3, -0.25) is 0 Å². The number of unbranched alkanes of at least 4 members (excludes halogenated alkanes) is 3. The number of benzene rings is 3. The molecule has 0 bridgehead atoms. The maximum Gasteiger partial charge on any atom is 0.673 e. The molecule has 34 heavy (non-hydrogen) atoms. The Morgan fingerprint density at radius 1 is 0.735 bits per heavy atom. The van der Waals surface area contributed by atoms with Crippen LogP contribution >= 0.6 is 11.8 Å². The zero-order valence-electron chi connectivity index (χ0n) is 18.5. The molecule has 0 fully saturated rings. The lowest BCUT2D eigenvalue weighted by Gasteiger charge is -2.19. The van der Waals surface area contributed by atoms with E-state index in [1.165, 1.54) is 38.2 Å². The first kappa shape index (κ1) is 26.2. The summed E-state index contributed by atoms with van der Waals surface area (Å²) in [4.78, 5) is 17.7. The highest BCUT2D eigenvalue weighted by molar-refractivity contribution is 8.04. The van der Waals surface area contributed by atoms with E-state index in [9.17, 15) is 22.1 Å². The van der Waals surface area contributed by atoms with Crippen molar-refractivity contribution in [2.24, 2.45) is 0 Å². The second kappa shape index (κ2) is 12.9. The molecule has 1 aliphatic heterocycles. The zero-order chi connectivity index (χ0) is 24.4. The van der Waals surface area contributed by atoms with Crippen molar-refractivity contribution in [2.75, 3.05) is 12.4 Å². The van der Waals surface area contributed by atoms with E-state index < -0.39 is 7.25 Å². The van der Waals surface area contributed by atoms with Crippen molar-refractivity contribution < 1.29 is 26.8 Å². The van der Waals surface area contributed by atoms with Crippen LogP contribution in [0.5, 0.6) is 0 Å². The molecule has 0 unspecified atom stereocenters. The molecule has 0 aliphatic carbocycles. The minimum absolute atomic E-state index is 0.160. The molecule has 0 saturated carbocycles. The van der Waals surface area contributed by atoms with Crippen molar-refractivity contribution in [3.63, 3.8) is 0 Å². The molecule has 4 rings (SSSR count). The molecule has 3 aromatic carbocycles. The first-order valence-corrected chi connectivity index (χ1v) is 13.2. The number of carbonyl (C=O) groups excluding carboxylic acids is 1. The Balaban J connectivity index is 0.000000588. The van der Waals surface area contributed by atoms with E-state index in [0.717, 1.165) is 12.8 Å². The van der Waals surface area contributed by atoms with Crippen LogP contribution in [0.15, 0.2) is 98.4 Å². The van der Waals surface area contributed by atoms with Crippen molar-refractivity contribution in [2.45, 2.75) is 45.3 Å². The number of ether oxygens (including phenoxy) is 1. The van der Waals surface area contributed by atoms with E-state index in [0.29, 0.717) is 12.2 Å². The number of hydrogen-bond donors (Lipinski definition) is 0.